The number of carbonyl (C=O) groups excluding carboxylic acids is 3. The van der Waals surface area contributed by atoms with Crippen LogP contribution in [0.5, 0.6) is 5.75 Å². The molecule has 3 N–H and O–H groups in total. The second-order valence-corrected chi connectivity index (χ2v) is 7.63. The molecule has 2 rings (SSSR count). The zero-order valence-corrected chi connectivity index (χ0v) is 19.5. The molecule has 174 valence electrons. The summed E-state index contributed by atoms with van der Waals surface area (Å²) in [6, 6.07) is 4.86. The predicted molar refractivity (Wildman–Crippen MR) is 119 cm³/mol. The van der Waals surface area contributed by atoms with Crippen molar-refractivity contribution in [1.29, 1.82) is 0 Å². The third kappa shape index (κ3) is 7.15. The number of esters is 1. The van der Waals surface area contributed by atoms with Crippen molar-refractivity contribution in [2.75, 3.05) is 26.9 Å². The summed E-state index contributed by atoms with van der Waals surface area (Å²) in [4.78, 5) is 39.5. The summed E-state index contributed by atoms with van der Waals surface area (Å²) in [5.41, 5.74) is 6.00. The van der Waals surface area contributed by atoms with Crippen LogP contribution in [0, 0.1) is 13.8 Å². The lowest BCUT2D eigenvalue weighted by Gasteiger charge is -2.09. The van der Waals surface area contributed by atoms with E-state index in [4.69, 9.17) is 37.4 Å². The molecular formula is C21H25Cl2N3O6. The number of hydrogen-bond acceptors (Lipinski definition) is 6. The average Bonchev–Trinajstić information content (AvgIpc) is 3.04. The Balaban J connectivity index is 1.80. The highest BCUT2D eigenvalue weighted by molar-refractivity contribution is 6.35. The smallest absolute Gasteiger partial charge is 0.340 e. The first kappa shape index (κ1) is 25.5. The van der Waals surface area contributed by atoms with Crippen molar-refractivity contribution in [2.24, 2.45) is 0 Å². The van der Waals surface area contributed by atoms with Gasteiger partial charge in [0.15, 0.2) is 0 Å². The van der Waals surface area contributed by atoms with Crippen LogP contribution in [-0.4, -0.2) is 49.7 Å². The maximum Gasteiger partial charge on any atom is 0.340 e. The minimum absolute atomic E-state index is 0.102. The Hall–Kier alpha value is -2.75. The molecule has 0 aliphatic carbocycles. The fourth-order valence-corrected chi connectivity index (χ4v) is 3.29. The molecule has 0 aliphatic heterocycles. The molecule has 1 heterocycles. The summed E-state index contributed by atoms with van der Waals surface area (Å²) < 4.78 is 15.5. The molecule has 2 amide bonds. The summed E-state index contributed by atoms with van der Waals surface area (Å²) >= 11 is 11.8. The fourth-order valence-electron chi connectivity index (χ4n) is 2.83. The van der Waals surface area contributed by atoms with Gasteiger partial charge in [-0.15, -0.1) is 0 Å². The number of hydrazine groups is 1. The molecule has 0 atom stereocenters. The standard InChI is InChI=1S/C21H25Cl2N3O6/c1-12-18(21(29)32-10-9-30-3)13(2)24-19(12)20(28)26-25-17(27)5-4-8-31-16-7-6-14(22)11-15(16)23/h6-7,11,24H,4-5,8-10H2,1-3H3,(H,25,27)(H,26,28). The summed E-state index contributed by atoms with van der Waals surface area (Å²) in [6.45, 7) is 3.90. The predicted octanol–water partition coefficient (Wildman–Crippen LogP) is 3.36. The Bertz CT molecular complexity index is 977. The van der Waals surface area contributed by atoms with Gasteiger partial charge in [0, 0.05) is 24.2 Å². The van der Waals surface area contributed by atoms with Gasteiger partial charge in [0.2, 0.25) is 5.91 Å². The average molecular weight is 486 g/mol. The van der Waals surface area contributed by atoms with E-state index < -0.39 is 17.8 Å². The zero-order valence-electron chi connectivity index (χ0n) is 18.0. The highest BCUT2D eigenvalue weighted by Gasteiger charge is 2.23. The number of nitrogens with one attached hydrogen (secondary N) is 3. The van der Waals surface area contributed by atoms with E-state index in [0.29, 0.717) is 33.5 Å². The van der Waals surface area contributed by atoms with E-state index in [-0.39, 0.29) is 37.5 Å². The number of methoxy groups -OCH3 is 1. The largest absolute Gasteiger partial charge is 0.492 e. The van der Waals surface area contributed by atoms with Crippen molar-refractivity contribution in [3.8, 4) is 5.75 Å². The monoisotopic (exact) mass is 485 g/mol. The Morgan fingerprint density at radius 1 is 1.06 bits per heavy atom. The zero-order chi connectivity index (χ0) is 23.7. The number of ether oxygens (including phenoxy) is 3. The van der Waals surface area contributed by atoms with Gasteiger partial charge in [-0.2, -0.15) is 0 Å². The highest BCUT2D eigenvalue weighted by atomic mass is 35.5. The molecular weight excluding hydrogens is 461 g/mol. The van der Waals surface area contributed by atoms with E-state index in [1.165, 1.54) is 7.11 Å². The SMILES string of the molecule is COCCOC(=O)c1c(C)[nH]c(C(=O)NNC(=O)CCCOc2ccc(Cl)cc2Cl)c1C. The summed E-state index contributed by atoms with van der Waals surface area (Å²) in [6.07, 6.45) is 0.518. The number of halogens is 2. The van der Waals surface area contributed by atoms with Crippen LogP contribution >= 0.6 is 23.2 Å². The number of aryl methyl sites for hydroxylation is 1. The quantitative estimate of drug-likeness (QED) is 0.269. The van der Waals surface area contributed by atoms with Crippen LogP contribution in [0.1, 0.15) is 44.9 Å². The number of carbonyl (C=O) groups is 3. The molecule has 11 heteroatoms. The highest BCUT2D eigenvalue weighted by Crippen LogP contribution is 2.27. The summed E-state index contributed by atoms with van der Waals surface area (Å²) in [5.74, 6) is -1.07. The molecule has 0 unspecified atom stereocenters. The molecule has 0 spiro atoms. The third-order valence-corrected chi connectivity index (χ3v) is 4.93. The fraction of sp³-hybridized carbons (Fsp3) is 0.381. The van der Waals surface area contributed by atoms with Crippen molar-refractivity contribution in [1.82, 2.24) is 15.8 Å². The third-order valence-electron chi connectivity index (χ3n) is 4.40. The van der Waals surface area contributed by atoms with Crippen LogP contribution in [0.2, 0.25) is 10.0 Å². The number of hydrogen-bond donors (Lipinski definition) is 3. The summed E-state index contributed by atoms with van der Waals surface area (Å²) in [7, 11) is 1.50. The van der Waals surface area contributed by atoms with Crippen LogP contribution in [0.4, 0.5) is 0 Å². The van der Waals surface area contributed by atoms with E-state index in [0.717, 1.165) is 0 Å². The first-order valence-electron chi connectivity index (χ1n) is 9.76. The van der Waals surface area contributed by atoms with Gasteiger partial charge in [0.1, 0.15) is 18.1 Å². The van der Waals surface area contributed by atoms with E-state index >= 15 is 0 Å². The van der Waals surface area contributed by atoms with E-state index in [2.05, 4.69) is 15.8 Å². The lowest BCUT2D eigenvalue weighted by atomic mass is 10.1. The van der Waals surface area contributed by atoms with Gasteiger partial charge < -0.3 is 19.2 Å². The van der Waals surface area contributed by atoms with Crippen molar-refractivity contribution >= 4 is 41.0 Å². The van der Waals surface area contributed by atoms with Crippen LogP contribution < -0.4 is 15.6 Å². The molecule has 1 aromatic heterocycles. The normalized spacial score (nSPS) is 10.5. The van der Waals surface area contributed by atoms with Crippen molar-refractivity contribution in [3.63, 3.8) is 0 Å². The van der Waals surface area contributed by atoms with Gasteiger partial charge in [-0.1, -0.05) is 23.2 Å². The lowest BCUT2D eigenvalue weighted by molar-refractivity contribution is -0.122. The van der Waals surface area contributed by atoms with Gasteiger partial charge in [-0.05, 0) is 44.0 Å². The second-order valence-electron chi connectivity index (χ2n) is 6.78. The molecule has 9 nitrogen and oxygen atoms in total. The molecule has 2 aromatic rings. The van der Waals surface area contributed by atoms with Crippen molar-refractivity contribution in [2.45, 2.75) is 26.7 Å². The molecule has 1 aromatic carbocycles. The van der Waals surface area contributed by atoms with Crippen molar-refractivity contribution < 1.29 is 28.6 Å². The number of amides is 2. The van der Waals surface area contributed by atoms with E-state index in [1.807, 2.05) is 0 Å². The van der Waals surface area contributed by atoms with Crippen LogP contribution in [0.3, 0.4) is 0 Å². The maximum absolute atomic E-state index is 12.4. The van der Waals surface area contributed by atoms with Gasteiger partial charge in [0.25, 0.3) is 5.91 Å². The van der Waals surface area contributed by atoms with Gasteiger partial charge >= 0.3 is 5.97 Å². The number of aromatic amines is 1. The van der Waals surface area contributed by atoms with Crippen LogP contribution in [0.15, 0.2) is 18.2 Å². The Morgan fingerprint density at radius 2 is 1.81 bits per heavy atom. The van der Waals surface area contributed by atoms with Gasteiger partial charge in [0.05, 0.1) is 23.8 Å². The van der Waals surface area contributed by atoms with Gasteiger partial charge in [-0.25, -0.2) is 4.79 Å². The molecule has 0 bridgehead atoms. The number of H-pyrrole nitrogens is 1. The molecule has 32 heavy (non-hydrogen) atoms. The molecule has 0 saturated heterocycles. The maximum atomic E-state index is 12.4. The first-order valence-corrected chi connectivity index (χ1v) is 10.5. The minimum atomic E-state index is -0.584. The second kappa shape index (κ2) is 12.3. The molecule has 0 fully saturated rings. The van der Waals surface area contributed by atoms with E-state index in [9.17, 15) is 14.4 Å². The molecule has 0 saturated carbocycles. The lowest BCUT2D eigenvalue weighted by Crippen LogP contribution is -2.42. The Morgan fingerprint density at radius 3 is 2.50 bits per heavy atom. The number of benzene rings is 1. The van der Waals surface area contributed by atoms with Crippen LogP contribution in [-0.2, 0) is 14.3 Å². The first-order chi connectivity index (χ1) is 15.2. The minimum Gasteiger partial charge on any atom is -0.492 e. The van der Waals surface area contributed by atoms with E-state index in [1.54, 1.807) is 32.0 Å². The Kier molecular flexibility index (Phi) is 9.83. The van der Waals surface area contributed by atoms with Crippen molar-refractivity contribution in [3.05, 3.63) is 50.8 Å². The topological polar surface area (TPSA) is 119 Å². The van der Waals surface area contributed by atoms with Crippen LogP contribution in [0.25, 0.3) is 0 Å². The number of rotatable bonds is 10. The van der Waals surface area contributed by atoms with Gasteiger partial charge in [-0.3, -0.25) is 20.4 Å². The molecule has 0 radical (unpaired) electrons. The number of aromatic nitrogens is 1. The summed E-state index contributed by atoms with van der Waals surface area (Å²) in [5, 5.41) is 0.882. The molecule has 0 aliphatic rings. The Labute approximate surface area is 195 Å².